The van der Waals surface area contributed by atoms with Crippen molar-refractivity contribution in [3.8, 4) is 0 Å². The fourth-order valence-electron chi connectivity index (χ4n) is 2.22. The number of thioether (sulfide) groups is 1. The van der Waals surface area contributed by atoms with Crippen molar-refractivity contribution < 1.29 is 0 Å². The van der Waals surface area contributed by atoms with Gasteiger partial charge in [-0.25, -0.2) is 9.97 Å². The molecule has 0 saturated carbocycles. The summed E-state index contributed by atoms with van der Waals surface area (Å²) < 4.78 is 0. The quantitative estimate of drug-likeness (QED) is 0.867. The Bertz CT molecular complexity index is 428. The Labute approximate surface area is 120 Å². The van der Waals surface area contributed by atoms with Crippen molar-refractivity contribution in [1.82, 2.24) is 9.97 Å². The van der Waals surface area contributed by atoms with Crippen LogP contribution < -0.4 is 10.6 Å². The summed E-state index contributed by atoms with van der Waals surface area (Å²) in [5.41, 5.74) is 1.11. The van der Waals surface area contributed by atoms with Crippen molar-refractivity contribution >= 4 is 23.4 Å². The third kappa shape index (κ3) is 3.53. The molecule has 2 heterocycles. The van der Waals surface area contributed by atoms with E-state index in [2.05, 4.69) is 53.1 Å². The highest BCUT2D eigenvalue weighted by Crippen LogP contribution is 2.27. The first-order valence-corrected chi connectivity index (χ1v) is 8.08. The Hall–Kier alpha value is -0.970. The highest BCUT2D eigenvalue weighted by atomic mass is 32.2. The van der Waals surface area contributed by atoms with Crippen LogP contribution >= 0.6 is 11.8 Å². The van der Waals surface area contributed by atoms with Gasteiger partial charge in [0.25, 0.3) is 0 Å². The summed E-state index contributed by atoms with van der Waals surface area (Å²) in [6.45, 7) is 7.32. The summed E-state index contributed by atoms with van der Waals surface area (Å²) in [5.74, 6) is 4.45. The predicted molar refractivity (Wildman–Crippen MR) is 84.4 cm³/mol. The van der Waals surface area contributed by atoms with Crippen molar-refractivity contribution in [2.45, 2.75) is 44.8 Å². The average Bonchev–Trinajstić information content (AvgIpc) is 2.90. The summed E-state index contributed by atoms with van der Waals surface area (Å²) in [6, 6.07) is 0. The van der Waals surface area contributed by atoms with E-state index in [-0.39, 0.29) is 0 Å². The molecule has 1 aliphatic heterocycles. The molecule has 106 valence electrons. The Morgan fingerprint density at radius 2 is 2.05 bits per heavy atom. The maximum atomic E-state index is 4.67. The summed E-state index contributed by atoms with van der Waals surface area (Å²) >= 11 is 2.07. The summed E-state index contributed by atoms with van der Waals surface area (Å²) in [7, 11) is 1.91. The molecule has 1 aliphatic rings. The number of hydrogen-bond acceptors (Lipinski definition) is 5. The van der Waals surface area contributed by atoms with Crippen molar-refractivity contribution in [1.29, 1.82) is 0 Å². The number of rotatable bonds is 5. The van der Waals surface area contributed by atoms with Crippen LogP contribution in [0.3, 0.4) is 0 Å². The normalized spacial score (nSPS) is 18.9. The second kappa shape index (κ2) is 6.46. The highest BCUT2D eigenvalue weighted by molar-refractivity contribution is 8.00. The largest absolute Gasteiger partial charge is 0.373 e. The van der Waals surface area contributed by atoms with E-state index in [1.165, 1.54) is 18.6 Å². The smallest absolute Gasteiger partial charge is 0.135 e. The first kappa shape index (κ1) is 14.4. The third-order valence-corrected chi connectivity index (χ3v) is 4.84. The minimum atomic E-state index is 0.342. The summed E-state index contributed by atoms with van der Waals surface area (Å²) in [4.78, 5) is 9.23. The second-order valence-electron chi connectivity index (χ2n) is 5.32. The van der Waals surface area contributed by atoms with Crippen molar-refractivity contribution in [3.63, 3.8) is 0 Å². The molecule has 1 fully saturated rings. The molecule has 1 atom stereocenters. The molecule has 0 bridgehead atoms. The Balaban J connectivity index is 2.14. The summed E-state index contributed by atoms with van der Waals surface area (Å²) in [5, 5.41) is 7.41. The molecule has 2 rings (SSSR count). The van der Waals surface area contributed by atoms with E-state index in [0.717, 1.165) is 34.8 Å². The SMILES string of the molecule is CNc1nc(C(C)C)nc(NCC2CCCS2)c1C. The number of hydrogen-bond donors (Lipinski definition) is 2. The number of nitrogens with zero attached hydrogens (tertiary/aromatic N) is 2. The topological polar surface area (TPSA) is 49.8 Å². The number of nitrogens with one attached hydrogen (secondary N) is 2. The van der Waals surface area contributed by atoms with Crippen molar-refractivity contribution in [2.24, 2.45) is 0 Å². The van der Waals surface area contributed by atoms with Crippen LogP contribution in [-0.2, 0) is 0 Å². The third-order valence-electron chi connectivity index (χ3n) is 3.44. The molecule has 4 nitrogen and oxygen atoms in total. The molecular formula is C14H24N4S. The van der Waals surface area contributed by atoms with E-state index in [1.807, 2.05) is 7.05 Å². The van der Waals surface area contributed by atoms with Crippen molar-refractivity contribution in [2.75, 3.05) is 30.0 Å². The minimum absolute atomic E-state index is 0.342. The molecule has 0 radical (unpaired) electrons. The van der Waals surface area contributed by atoms with Crippen molar-refractivity contribution in [3.05, 3.63) is 11.4 Å². The zero-order chi connectivity index (χ0) is 13.8. The molecule has 1 aromatic rings. The molecule has 19 heavy (non-hydrogen) atoms. The van der Waals surface area contributed by atoms with Gasteiger partial charge in [-0.1, -0.05) is 13.8 Å². The van der Waals surface area contributed by atoms with Gasteiger partial charge in [0.1, 0.15) is 17.5 Å². The van der Waals surface area contributed by atoms with Gasteiger partial charge in [-0.05, 0) is 25.5 Å². The Kier molecular flexibility index (Phi) is 4.91. The van der Waals surface area contributed by atoms with Gasteiger partial charge >= 0.3 is 0 Å². The molecule has 0 spiro atoms. The molecule has 0 amide bonds. The van der Waals surface area contributed by atoms with E-state index in [0.29, 0.717) is 5.92 Å². The van der Waals surface area contributed by atoms with Gasteiger partial charge < -0.3 is 10.6 Å². The van der Waals surface area contributed by atoms with Gasteiger partial charge in [-0.3, -0.25) is 0 Å². The van der Waals surface area contributed by atoms with E-state index in [9.17, 15) is 0 Å². The van der Waals surface area contributed by atoms with E-state index >= 15 is 0 Å². The first-order valence-electron chi connectivity index (χ1n) is 7.03. The first-order chi connectivity index (χ1) is 9.11. The van der Waals surface area contributed by atoms with Gasteiger partial charge in [0.05, 0.1) is 0 Å². The molecule has 0 aromatic carbocycles. The molecule has 5 heteroatoms. The molecule has 1 saturated heterocycles. The van der Waals surface area contributed by atoms with Crippen LogP contribution in [0.2, 0.25) is 0 Å². The Morgan fingerprint density at radius 1 is 1.32 bits per heavy atom. The van der Waals surface area contributed by atoms with Crippen LogP contribution in [0.15, 0.2) is 0 Å². The second-order valence-corrected chi connectivity index (χ2v) is 6.73. The minimum Gasteiger partial charge on any atom is -0.373 e. The average molecular weight is 280 g/mol. The summed E-state index contributed by atoms with van der Waals surface area (Å²) in [6.07, 6.45) is 2.66. The maximum Gasteiger partial charge on any atom is 0.135 e. The molecule has 2 N–H and O–H groups in total. The lowest BCUT2D eigenvalue weighted by atomic mass is 10.2. The zero-order valence-corrected chi connectivity index (χ0v) is 13.1. The van der Waals surface area contributed by atoms with Crippen LogP contribution in [0.1, 0.15) is 44.0 Å². The van der Waals surface area contributed by atoms with Crippen LogP contribution in [0, 0.1) is 6.92 Å². The fourth-order valence-corrected chi connectivity index (χ4v) is 3.42. The molecule has 1 unspecified atom stereocenters. The fraction of sp³-hybridized carbons (Fsp3) is 0.714. The van der Waals surface area contributed by atoms with Gasteiger partial charge in [-0.2, -0.15) is 11.8 Å². The molecular weight excluding hydrogens is 256 g/mol. The van der Waals surface area contributed by atoms with Gasteiger partial charge in [0, 0.05) is 30.3 Å². The van der Waals surface area contributed by atoms with Gasteiger partial charge in [0.15, 0.2) is 0 Å². The van der Waals surface area contributed by atoms with Gasteiger partial charge in [0.2, 0.25) is 0 Å². The molecule has 1 aromatic heterocycles. The van der Waals surface area contributed by atoms with Crippen LogP contribution in [-0.4, -0.2) is 34.6 Å². The van der Waals surface area contributed by atoms with Crippen LogP contribution in [0.4, 0.5) is 11.6 Å². The molecule has 0 aliphatic carbocycles. The van der Waals surface area contributed by atoms with E-state index in [1.54, 1.807) is 0 Å². The zero-order valence-electron chi connectivity index (χ0n) is 12.3. The van der Waals surface area contributed by atoms with E-state index < -0.39 is 0 Å². The van der Waals surface area contributed by atoms with E-state index in [4.69, 9.17) is 0 Å². The highest BCUT2D eigenvalue weighted by Gasteiger charge is 2.17. The number of aromatic nitrogens is 2. The number of anilines is 2. The van der Waals surface area contributed by atoms with Crippen LogP contribution in [0.5, 0.6) is 0 Å². The standard InChI is InChI=1S/C14H24N4S/c1-9(2)12-17-13(15-4)10(3)14(18-12)16-8-11-6-5-7-19-11/h9,11H,5-8H2,1-4H3,(H2,15,16,17,18). The lowest BCUT2D eigenvalue weighted by Crippen LogP contribution is -2.17. The Morgan fingerprint density at radius 3 is 2.63 bits per heavy atom. The maximum absolute atomic E-state index is 4.67. The lowest BCUT2D eigenvalue weighted by Gasteiger charge is -2.16. The predicted octanol–water partition coefficient (Wildman–Crippen LogP) is 3.26. The van der Waals surface area contributed by atoms with Gasteiger partial charge in [-0.15, -0.1) is 0 Å². The monoisotopic (exact) mass is 280 g/mol. The van der Waals surface area contributed by atoms with Crippen LogP contribution in [0.25, 0.3) is 0 Å². The lowest BCUT2D eigenvalue weighted by molar-refractivity contribution is 0.767.